The highest BCUT2D eigenvalue weighted by molar-refractivity contribution is 6.19. The van der Waals surface area contributed by atoms with Crippen molar-refractivity contribution in [1.29, 1.82) is 0 Å². The van der Waals surface area contributed by atoms with Gasteiger partial charge in [0.1, 0.15) is 11.2 Å². The second-order valence-corrected chi connectivity index (χ2v) is 17.6. The summed E-state index contributed by atoms with van der Waals surface area (Å²) in [4.78, 5) is 15.7. The van der Waals surface area contributed by atoms with Gasteiger partial charge in [-0.05, 0) is 88.5 Å². The van der Waals surface area contributed by atoms with Crippen molar-refractivity contribution in [2.24, 2.45) is 0 Å². The Kier molecular flexibility index (Phi) is 8.79. The molecule has 6 nitrogen and oxygen atoms in total. The highest BCUT2D eigenvalue weighted by Gasteiger charge is 2.23. The van der Waals surface area contributed by atoms with Crippen LogP contribution in [-0.2, 0) is 0 Å². The zero-order valence-corrected chi connectivity index (χ0v) is 37.2. The summed E-state index contributed by atoms with van der Waals surface area (Å²) >= 11 is 0. The van der Waals surface area contributed by atoms with Crippen molar-refractivity contribution in [3.05, 3.63) is 237 Å². The molecule has 0 aliphatic carbocycles. The van der Waals surface area contributed by atoms with Gasteiger partial charge in [-0.2, -0.15) is 9.97 Å². The molecule has 322 valence electrons. The number of hydrogen-bond donors (Lipinski definition) is 0. The van der Waals surface area contributed by atoms with E-state index in [-0.39, 0.29) is 0 Å². The molecule has 0 atom stereocenters. The Bertz CT molecular complexity index is 4220. The van der Waals surface area contributed by atoms with Crippen molar-refractivity contribution in [2.75, 3.05) is 0 Å². The van der Waals surface area contributed by atoms with Crippen LogP contribution < -0.4 is 0 Å². The Morgan fingerprint density at radius 1 is 0.290 bits per heavy atom. The number of nitrogens with zero attached hydrogens (tertiary/aromatic N) is 5. The first kappa shape index (κ1) is 38.8. The van der Waals surface area contributed by atoms with Gasteiger partial charge in [-0.1, -0.05) is 170 Å². The van der Waals surface area contributed by atoms with E-state index in [9.17, 15) is 0 Å². The van der Waals surface area contributed by atoms with Gasteiger partial charge in [0.2, 0.25) is 5.95 Å². The summed E-state index contributed by atoms with van der Waals surface area (Å²) < 4.78 is 11.1. The predicted molar refractivity (Wildman–Crippen MR) is 283 cm³/mol. The number of aromatic nitrogens is 5. The van der Waals surface area contributed by atoms with E-state index in [2.05, 4.69) is 197 Å². The maximum Gasteiger partial charge on any atom is 0.238 e. The van der Waals surface area contributed by atoms with Crippen LogP contribution in [0, 0.1) is 0 Å². The lowest BCUT2D eigenvalue weighted by atomic mass is 9.95. The molecule has 0 bridgehead atoms. The Morgan fingerprint density at radius 3 is 1.43 bits per heavy atom. The van der Waals surface area contributed by atoms with Crippen molar-refractivity contribution in [3.8, 4) is 67.8 Å². The average Bonchev–Trinajstić information content (AvgIpc) is 4.07. The van der Waals surface area contributed by atoms with Gasteiger partial charge in [0.15, 0.2) is 11.6 Å². The topological polar surface area (TPSA) is 61.7 Å². The SMILES string of the molecule is c1ccc(-c2cc(-c3ccccc3)c3c(c2)c2cc(-c4ccc5c(c4)c4cc6c(cc4n5-c4ccccc4)oc4ccccc46)ccc2n3-c2nc(-c3ccccc3)nc(-c3ccccc3)n2)cc1. The lowest BCUT2D eigenvalue weighted by molar-refractivity contribution is 0.669. The summed E-state index contributed by atoms with van der Waals surface area (Å²) in [6.45, 7) is 0. The summed E-state index contributed by atoms with van der Waals surface area (Å²) in [6, 6.07) is 83.5. The molecule has 0 N–H and O–H groups in total. The third-order valence-corrected chi connectivity index (χ3v) is 13.6. The molecule has 0 amide bonds. The minimum atomic E-state index is 0.549. The maximum absolute atomic E-state index is 6.45. The molecule has 0 aliphatic rings. The molecule has 0 saturated carbocycles. The van der Waals surface area contributed by atoms with Crippen LogP contribution in [0.5, 0.6) is 0 Å². The van der Waals surface area contributed by atoms with E-state index in [1.54, 1.807) is 0 Å². The van der Waals surface area contributed by atoms with E-state index in [1.807, 2.05) is 48.5 Å². The van der Waals surface area contributed by atoms with E-state index in [4.69, 9.17) is 19.4 Å². The molecule has 6 heteroatoms. The quantitative estimate of drug-likeness (QED) is 0.160. The molecule has 0 unspecified atom stereocenters. The van der Waals surface area contributed by atoms with Crippen LogP contribution in [0.1, 0.15) is 0 Å². The van der Waals surface area contributed by atoms with E-state index < -0.39 is 0 Å². The summed E-state index contributed by atoms with van der Waals surface area (Å²) in [6.07, 6.45) is 0. The third kappa shape index (κ3) is 6.38. The van der Waals surface area contributed by atoms with Gasteiger partial charge in [0.05, 0.1) is 22.1 Å². The standard InChI is InChI=1S/C63H39N5O/c1-6-18-40(19-7-1)46-36-49(41-20-8-2-9-21-41)60-54(37-46)51-35-45(31-33-56(51)68(60)63-65-61(42-22-10-3-11-23-42)64-62(66-63)43-24-12-4-13-25-43)44-30-32-55-50(34-44)52-38-53-48-28-16-17-29-58(48)69-59(53)39-57(52)67(55)47-26-14-5-15-27-47/h1-39H. The molecule has 14 aromatic rings. The number of benzene rings is 10. The molecule has 14 rings (SSSR count). The van der Waals surface area contributed by atoms with Crippen LogP contribution >= 0.6 is 0 Å². The van der Waals surface area contributed by atoms with Crippen LogP contribution in [0.2, 0.25) is 0 Å². The van der Waals surface area contributed by atoms with E-state index in [0.717, 1.165) is 105 Å². The van der Waals surface area contributed by atoms with Crippen molar-refractivity contribution in [2.45, 2.75) is 0 Å². The summed E-state index contributed by atoms with van der Waals surface area (Å²) in [7, 11) is 0. The smallest absolute Gasteiger partial charge is 0.238 e. The normalized spacial score (nSPS) is 11.8. The lowest BCUT2D eigenvalue weighted by Gasteiger charge is -2.14. The molecule has 0 spiro atoms. The molecule has 4 aromatic heterocycles. The number of rotatable bonds is 7. The first-order chi connectivity index (χ1) is 34.2. The highest BCUT2D eigenvalue weighted by Crippen LogP contribution is 2.44. The molecule has 0 fully saturated rings. The monoisotopic (exact) mass is 881 g/mol. The van der Waals surface area contributed by atoms with Crippen LogP contribution in [0.15, 0.2) is 241 Å². The van der Waals surface area contributed by atoms with E-state index in [0.29, 0.717) is 17.6 Å². The number of furan rings is 1. The minimum Gasteiger partial charge on any atom is -0.456 e. The zero-order chi connectivity index (χ0) is 45.4. The fourth-order valence-electron chi connectivity index (χ4n) is 10.3. The fourth-order valence-corrected chi connectivity index (χ4v) is 10.3. The minimum absolute atomic E-state index is 0.549. The van der Waals surface area contributed by atoms with Crippen molar-refractivity contribution in [1.82, 2.24) is 24.1 Å². The second-order valence-electron chi connectivity index (χ2n) is 17.6. The number of hydrogen-bond acceptors (Lipinski definition) is 4. The van der Waals surface area contributed by atoms with Gasteiger partial charge in [0.25, 0.3) is 0 Å². The molecular weight excluding hydrogens is 843 g/mol. The van der Waals surface area contributed by atoms with Gasteiger partial charge >= 0.3 is 0 Å². The number of para-hydroxylation sites is 2. The molecule has 0 saturated heterocycles. The first-order valence-corrected chi connectivity index (χ1v) is 23.3. The van der Waals surface area contributed by atoms with E-state index in [1.165, 1.54) is 10.8 Å². The Balaban J connectivity index is 1.06. The van der Waals surface area contributed by atoms with E-state index >= 15 is 0 Å². The molecule has 0 radical (unpaired) electrons. The highest BCUT2D eigenvalue weighted by atomic mass is 16.3. The van der Waals surface area contributed by atoms with Gasteiger partial charge in [0, 0.05) is 60.8 Å². The van der Waals surface area contributed by atoms with Crippen LogP contribution in [0.3, 0.4) is 0 Å². The largest absolute Gasteiger partial charge is 0.456 e. The number of fused-ring (bicyclic) bond motifs is 9. The fraction of sp³-hybridized carbons (Fsp3) is 0. The summed E-state index contributed by atoms with van der Waals surface area (Å²) in [5.41, 5.74) is 15.6. The second kappa shape index (κ2) is 15.6. The van der Waals surface area contributed by atoms with Crippen molar-refractivity contribution < 1.29 is 4.42 Å². The third-order valence-electron chi connectivity index (χ3n) is 13.6. The lowest BCUT2D eigenvalue weighted by Crippen LogP contribution is -2.07. The molecule has 4 heterocycles. The maximum atomic E-state index is 6.45. The van der Waals surface area contributed by atoms with Gasteiger partial charge < -0.3 is 8.98 Å². The van der Waals surface area contributed by atoms with Crippen LogP contribution in [0.4, 0.5) is 0 Å². The molecule has 10 aromatic carbocycles. The Morgan fingerprint density at radius 2 is 0.797 bits per heavy atom. The zero-order valence-electron chi connectivity index (χ0n) is 37.2. The van der Waals surface area contributed by atoms with Crippen LogP contribution in [-0.4, -0.2) is 24.1 Å². The predicted octanol–water partition coefficient (Wildman–Crippen LogP) is 16.3. The first-order valence-electron chi connectivity index (χ1n) is 23.3. The summed E-state index contributed by atoms with van der Waals surface area (Å²) in [5.74, 6) is 1.77. The van der Waals surface area contributed by atoms with Crippen molar-refractivity contribution >= 4 is 65.6 Å². The Hall–Kier alpha value is -9.39. The molecule has 69 heavy (non-hydrogen) atoms. The Labute approximate surface area is 396 Å². The average molecular weight is 882 g/mol. The van der Waals surface area contributed by atoms with Gasteiger partial charge in [-0.25, -0.2) is 4.98 Å². The van der Waals surface area contributed by atoms with Gasteiger partial charge in [-0.3, -0.25) is 4.57 Å². The molecule has 0 aliphatic heterocycles. The summed E-state index contributed by atoms with van der Waals surface area (Å²) in [5, 5.41) is 6.77. The van der Waals surface area contributed by atoms with Gasteiger partial charge in [-0.15, -0.1) is 0 Å². The van der Waals surface area contributed by atoms with Crippen LogP contribution in [0.25, 0.3) is 133 Å². The molecular formula is C63H39N5O. The van der Waals surface area contributed by atoms with Crippen molar-refractivity contribution in [3.63, 3.8) is 0 Å².